The van der Waals surface area contributed by atoms with Crippen LogP contribution in [0.1, 0.15) is 21.5 Å². The molecule has 0 nitrogen and oxygen atoms in total. The summed E-state index contributed by atoms with van der Waals surface area (Å²) in [5.74, 6) is 0. The Morgan fingerprint density at radius 2 is 1.67 bits per heavy atom. The van der Waals surface area contributed by atoms with Crippen LogP contribution in [0.4, 0.5) is 0 Å². The van der Waals surface area contributed by atoms with Gasteiger partial charge in [-0.1, -0.05) is 86.5 Å². The SMILES string of the molecule is Cc1ccc(C(Br)Cc2ccc3ccccc3c2)c(Br)c1. The molecule has 0 aliphatic heterocycles. The van der Waals surface area contributed by atoms with Crippen molar-refractivity contribution >= 4 is 42.6 Å². The molecule has 0 heterocycles. The molecule has 0 aliphatic carbocycles. The number of aryl methyl sites for hydroxylation is 1. The number of hydrogen-bond acceptors (Lipinski definition) is 0. The summed E-state index contributed by atoms with van der Waals surface area (Å²) in [6, 6.07) is 21.7. The molecular weight excluding hydrogens is 388 g/mol. The molecule has 0 aliphatic rings. The summed E-state index contributed by atoms with van der Waals surface area (Å²) < 4.78 is 1.17. The molecule has 0 radical (unpaired) electrons. The van der Waals surface area contributed by atoms with Gasteiger partial charge in [0.05, 0.1) is 0 Å². The third-order valence-electron chi connectivity index (χ3n) is 3.72. The third-order valence-corrected chi connectivity index (χ3v) is 5.23. The zero-order valence-corrected chi connectivity index (χ0v) is 15.0. The van der Waals surface area contributed by atoms with Crippen molar-refractivity contribution in [3.8, 4) is 0 Å². The molecule has 2 heteroatoms. The van der Waals surface area contributed by atoms with E-state index in [0.717, 1.165) is 6.42 Å². The second kappa shape index (κ2) is 6.33. The minimum atomic E-state index is 0.314. The first-order valence-electron chi connectivity index (χ1n) is 7.01. The second-order valence-electron chi connectivity index (χ2n) is 5.38. The number of halogens is 2. The van der Waals surface area contributed by atoms with Gasteiger partial charge in [0.1, 0.15) is 0 Å². The van der Waals surface area contributed by atoms with Gasteiger partial charge in [-0.2, -0.15) is 0 Å². The van der Waals surface area contributed by atoms with Crippen molar-refractivity contribution in [3.05, 3.63) is 81.8 Å². The average Bonchev–Trinajstić information content (AvgIpc) is 2.47. The zero-order valence-electron chi connectivity index (χ0n) is 11.8. The molecule has 3 rings (SSSR count). The Labute approximate surface area is 142 Å². The molecule has 3 aromatic rings. The van der Waals surface area contributed by atoms with Gasteiger partial charge in [0.25, 0.3) is 0 Å². The van der Waals surface area contributed by atoms with Gasteiger partial charge in [0.2, 0.25) is 0 Å². The van der Waals surface area contributed by atoms with E-state index in [0.29, 0.717) is 4.83 Å². The van der Waals surface area contributed by atoms with Crippen LogP contribution in [0, 0.1) is 6.92 Å². The predicted octanol–water partition coefficient (Wildman–Crippen LogP) is 6.59. The fraction of sp³-hybridized carbons (Fsp3) is 0.158. The molecule has 0 saturated heterocycles. The van der Waals surface area contributed by atoms with Crippen LogP contribution in [0.3, 0.4) is 0 Å². The highest BCUT2D eigenvalue weighted by Gasteiger charge is 2.12. The van der Waals surface area contributed by atoms with Crippen LogP contribution < -0.4 is 0 Å². The standard InChI is InChI=1S/C19H16Br2/c1-13-6-9-17(18(20)10-13)19(21)12-14-7-8-15-4-2-3-5-16(15)11-14/h2-11,19H,12H2,1H3. The number of hydrogen-bond donors (Lipinski definition) is 0. The fourth-order valence-corrected chi connectivity index (χ4v) is 4.42. The Hall–Kier alpha value is -1.12. The topological polar surface area (TPSA) is 0 Å². The first-order chi connectivity index (χ1) is 10.1. The molecule has 0 bridgehead atoms. The van der Waals surface area contributed by atoms with Gasteiger partial charge in [0, 0.05) is 9.30 Å². The molecule has 0 N–H and O–H groups in total. The van der Waals surface area contributed by atoms with Crippen LogP contribution in [-0.4, -0.2) is 0 Å². The summed E-state index contributed by atoms with van der Waals surface area (Å²) in [4.78, 5) is 0.314. The Morgan fingerprint density at radius 1 is 0.905 bits per heavy atom. The molecule has 21 heavy (non-hydrogen) atoms. The number of rotatable bonds is 3. The molecule has 0 amide bonds. The lowest BCUT2D eigenvalue weighted by Gasteiger charge is -2.13. The van der Waals surface area contributed by atoms with E-state index in [1.807, 2.05) is 0 Å². The maximum Gasteiger partial charge on any atom is 0.0446 e. The van der Waals surface area contributed by atoms with E-state index in [1.165, 1.54) is 31.9 Å². The van der Waals surface area contributed by atoms with E-state index < -0.39 is 0 Å². The summed E-state index contributed by atoms with van der Waals surface area (Å²) >= 11 is 7.50. The molecule has 0 saturated carbocycles. The highest BCUT2D eigenvalue weighted by Crippen LogP contribution is 2.33. The number of benzene rings is 3. The fourth-order valence-electron chi connectivity index (χ4n) is 2.57. The summed E-state index contributed by atoms with van der Waals surface area (Å²) in [6.45, 7) is 2.11. The lowest BCUT2D eigenvalue weighted by atomic mass is 10.0. The van der Waals surface area contributed by atoms with E-state index >= 15 is 0 Å². The monoisotopic (exact) mass is 402 g/mol. The molecular formula is C19H16Br2. The molecule has 0 fully saturated rings. The van der Waals surface area contributed by atoms with Crippen molar-refractivity contribution in [3.63, 3.8) is 0 Å². The van der Waals surface area contributed by atoms with E-state index in [-0.39, 0.29) is 0 Å². The van der Waals surface area contributed by atoms with Crippen molar-refractivity contribution in [2.24, 2.45) is 0 Å². The quantitative estimate of drug-likeness (QED) is 0.432. The van der Waals surface area contributed by atoms with Crippen molar-refractivity contribution in [2.45, 2.75) is 18.2 Å². The van der Waals surface area contributed by atoms with Gasteiger partial charge in [-0.15, -0.1) is 0 Å². The van der Waals surface area contributed by atoms with Crippen LogP contribution in [0.15, 0.2) is 65.1 Å². The van der Waals surface area contributed by atoms with Crippen LogP contribution in [0.25, 0.3) is 10.8 Å². The maximum atomic E-state index is 3.83. The number of fused-ring (bicyclic) bond motifs is 1. The van der Waals surface area contributed by atoms with E-state index in [4.69, 9.17) is 0 Å². The Kier molecular flexibility index (Phi) is 4.46. The first-order valence-corrected chi connectivity index (χ1v) is 8.72. The highest BCUT2D eigenvalue weighted by atomic mass is 79.9. The molecule has 1 unspecified atom stereocenters. The summed E-state index contributed by atoms with van der Waals surface area (Å²) in [7, 11) is 0. The smallest absolute Gasteiger partial charge is 0.0446 e. The second-order valence-corrected chi connectivity index (χ2v) is 7.34. The van der Waals surface area contributed by atoms with Crippen molar-refractivity contribution in [1.82, 2.24) is 0 Å². The van der Waals surface area contributed by atoms with Crippen molar-refractivity contribution < 1.29 is 0 Å². The molecule has 0 aromatic heterocycles. The summed E-state index contributed by atoms with van der Waals surface area (Å²) in [5.41, 5.74) is 3.92. The summed E-state index contributed by atoms with van der Waals surface area (Å²) in [6.07, 6.45) is 0.979. The van der Waals surface area contributed by atoms with Crippen LogP contribution in [0.5, 0.6) is 0 Å². The van der Waals surface area contributed by atoms with Gasteiger partial charge in [-0.25, -0.2) is 0 Å². The highest BCUT2D eigenvalue weighted by molar-refractivity contribution is 9.11. The average molecular weight is 404 g/mol. The van der Waals surface area contributed by atoms with Crippen LogP contribution in [0.2, 0.25) is 0 Å². The number of alkyl halides is 1. The largest absolute Gasteiger partial charge is 0.0835 e. The first kappa shape index (κ1) is 14.8. The maximum absolute atomic E-state index is 3.83. The van der Waals surface area contributed by atoms with E-state index in [1.54, 1.807) is 0 Å². The van der Waals surface area contributed by atoms with Gasteiger partial charge in [-0.05, 0) is 46.9 Å². The van der Waals surface area contributed by atoms with Gasteiger partial charge in [-0.3, -0.25) is 0 Å². The lowest BCUT2D eigenvalue weighted by Crippen LogP contribution is -1.97. The Balaban J connectivity index is 1.87. The Bertz CT molecular complexity index is 777. The van der Waals surface area contributed by atoms with Crippen LogP contribution >= 0.6 is 31.9 Å². The van der Waals surface area contributed by atoms with Gasteiger partial charge < -0.3 is 0 Å². The van der Waals surface area contributed by atoms with Crippen LogP contribution in [-0.2, 0) is 6.42 Å². The van der Waals surface area contributed by atoms with E-state index in [9.17, 15) is 0 Å². The predicted molar refractivity (Wildman–Crippen MR) is 98.2 cm³/mol. The normalized spacial score (nSPS) is 12.5. The minimum Gasteiger partial charge on any atom is -0.0835 e. The van der Waals surface area contributed by atoms with Crippen molar-refractivity contribution in [2.75, 3.05) is 0 Å². The lowest BCUT2D eigenvalue weighted by molar-refractivity contribution is 0.944. The van der Waals surface area contributed by atoms with Gasteiger partial charge >= 0.3 is 0 Å². The molecule has 0 spiro atoms. The Morgan fingerprint density at radius 3 is 2.43 bits per heavy atom. The minimum absolute atomic E-state index is 0.314. The van der Waals surface area contributed by atoms with E-state index in [2.05, 4.69) is 99.4 Å². The van der Waals surface area contributed by atoms with Crippen molar-refractivity contribution in [1.29, 1.82) is 0 Å². The molecule has 3 aromatic carbocycles. The molecule has 1 atom stereocenters. The molecule has 106 valence electrons. The zero-order chi connectivity index (χ0) is 14.8. The van der Waals surface area contributed by atoms with Gasteiger partial charge in [0.15, 0.2) is 0 Å². The summed E-state index contributed by atoms with van der Waals surface area (Å²) in [5, 5.41) is 2.60. The third kappa shape index (κ3) is 3.38.